The number of halogens is 3. The van der Waals surface area contributed by atoms with Crippen LogP contribution in [0.1, 0.15) is 49.2 Å². The van der Waals surface area contributed by atoms with E-state index in [-0.39, 0.29) is 24.9 Å². The molecule has 1 aromatic carbocycles. The van der Waals surface area contributed by atoms with E-state index in [0.717, 1.165) is 43.3 Å². The summed E-state index contributed by atoms with van der Waals surface area (Å²) in [4.78, 5) is 16.7. The maximum Gasteiger partial charge on any atom is 0.416 e. The highest BCUT2D eigenvalue weighted by molar-refractivity contribution is 7.97. The number of rotatable bonds is 15. The number of benzene rings is 1. The van der Waals surface area contributed by atoms with Gasteiger partial charge in [0.15, 0.2) is 0 Å². The number of aliphatic hydroxyl groups excluding tert-OH is 1. The van der Waals surface area contributed by atoms with Gasteiger partial charge in [-0.3, -0.25) is 9.78 Å². The topological polar surface area (TPSA) is 85.7 Å². The van der Waals surface area contributed by atoms with Crippen LogP contribution in [0.5, 0.6) is 0 Å². The maximum atomic E-state index is 13.7. The highest BCUT2D eigenvalue weighted by Crippen LogP contribution is 2.36. The smallest absolute Gasteiger partial charge is 0.416 e. The molecule has 3 rings (SSSR count). The fraction of sp³-hybridized carbons (Fsp3) is 0.448. The molecule has 0 bridgehead atoms. The Kier molecular flexibility index (Phi) is 11.6. The number of pyridine rings is 1. The summed E-state index contributed by atoms with van der Waals surface area (Å²) in [5.74, 6) is -0.941. The van der Waals surface area contributed by atoms with Gasteiger partial charge in [-0.1, -0.05) is 12.1 Å². The average Bonchev–Trinajstić information content (AvgIpc) is 3.39. The highest BCUT2D eigenvalue weighted by atomic mass is 32.2. The molecule has 0 aliphatic heterocycles. The first-order valence-electron chi connectivity index (χ1n) is 13.0. The molecule has 2 heterocycles. The third-order valence-electron chi connectivity index (χ3n) is 6.34. The standard InChI is InChI=1S/C29H36F3N3O3S2/c1-28(2,12-4-6-25-7-5-13-39-25)34-18-24(36)19-35(3)40-26-15-21(14-22(16-26)29(30,31)32)20-8-9-23(33-17-20)10-11-27(37)38/h5,7-9,13-17,24,34,36H,4,6,10-12,18-19H2,1-3H3,(H,37,38)/t24-/m1/s1. The van der Waals surface area contributed by atoms with Crippen LogP contribution in [-0.2, 0) is 23.8 Å². The highest BCUT2D eigenvalue weighted by Gasteiger charge is 2.31. The van der Waals surface area contributed by atoms with Crippen LogP contribution >= 0.6 is 23.3 Å². The number of hydrogen-bond donors (Lipinski definition) is 3. The van der Waals surface area contributed by atoms with E-state index in [9.17, 15) is 23.1 Å². The molecule has 0 unspecified atom stereocenters. The molecule has 3 N–H and O–H groups in total. The number of aliphatic hydroxyl groups is 1. The number of nitrogens with zero attached hydrogens (tertiary/aromatic N) is 2. The second-order valence-electron chi connectivity index (χ2n) is 10.4. The van der Waals surface area contributed by atoms with E-state index in [1.807, 2.05) is 0 Å². The second kappa shape index (κ2) is 14.5. The Balaban J connectivity index is 1.59. The molecule has 0 aliphatic rings. The lowest BCUT2D eigenvalue weighted by Gasteiger charge is -2.29. The number of alkyl halides is 3. The predicted octanol–water partition coefficient (Wildman–Crippen LogP) is 6.54. The van der Waals surface area contributed by atoms with E-state index < -0.39 is 23.8 Å². The normalized spacial score (nSPS) is 13.1. The molecule has 11 heteroatoms. The van der Waals surface area contributed by atoms with Gasteiger partial charge < -0.3 is 15.5 Å². The summed E-state index contributed by atoms with van der Waals surface area (Å²) in [6, 6.07) is 11.3. The molecule has 0 saturated heterocycles. The fourth-order valence-electron chi connectivity index (χ4n) is 4.18. The molecule has 2 aromatic heterocycles. The van der Waals surface area contributed by atoms with Crippen LogP contribution in [0.15, 0.2) is 58.9 Å². The SMILES string of the molecule is CN(C[C@H](O)CNC(C)(C)CCCc1cccs1)Sc1cc(-c2ccc(CCC(=O)O)nc2)cc(C(F)(F)F)c1. The largest absolute Gasteiger partial charge is 0.481 e. The summed E-state index contributed by atoms with van der Waals surface area (Å²) in [6.07, 6.45) is -0.601. The molecule has 0 radical (unpaired) electrons. The van der Waals surface area contributed by atoms with Gasteiger partial charge in [0, 0.05) is 52.3 Å². The van der Waals surface area contributed by atoms with Gasteiger partial charge >= 0.3 is 12.1 Å². The Morgan fingerprint density at radius 1 is 1.15 bits per heavy atom. The maximum absolute atomic E-state index is 13.7. The lowest BCUT2D eigenvalue weighted by Crippen LogP contribution is -2.45. The van der Waals surface area contributed by atoms with Crippen LogP contribution in [0.25, 0.3) is 11.1 Å². The molecular weight excluding hydrogens is 559 g/mol. The van der Waals surface area contributed by atoms with Crippen molar-refractivity contribution in [3.8, 4) is 11.1 Å². The summed E-state index contributed by atoms with van der Waals surface area (Å²) < 4.78 is 42.8. The van der Waals surface area contributed by atoms with Crippen molar-refractivity contribution in [3.63, 3.8) is 0 Å². The van der Waals surface area contributed by atoms with Crippen molar-refractivity contribution in [1.29, 1.82) is 0 Å². The number of aromatic nitrogens is 1. The van der Waals surface area contributed by atoms with Gasteiger partial charge in [0.05, 0.1) is 18.1 Å². The predicted molar refractivity (Wildman–Crippen MR) is 154 cm³/mol. The van der Waals surface area contributed by atoms with Gasteiger partial charge in [0.2, 0.25) is 0 Å². The molecule has 0 aliphatic carbocycles. The monoisotopic (exact) mass is 595 g/mol. The van der Waals surface area contributed by atoms with E-state index in [2.05, 4.69) is 41.7 Å². The number of likely N-dealkylation sites (N-methyl/N-ethyl adjacent to an activating group) is 1. The molecule has 6 nitrogen and oxygen atoms in total. The summed E-state index contributed by atoms with van der Waals surface area (Å²) in [5, 5.41) is 24.9. The van der Waals surface area contributed by atoms with Crippen LogP contribution in [-0.4, -0.2) is 57.3 Å². The quantitative estimate of drug-likeness (QED) is 0.172. The molecule has 0 spiro atoms. The molecule has 1 atom stereocenters. The average molecular weight is 596 g/mol. The minimum Gasteiger partial charge on any atom is -0.481 e. The Bertz CT molecular complexity index is 1220. The zero-order chi connectivity index (χ0) is 29.3. The number of nitrogens with one attached hydrogen (secondary N) is 1. The third-order valence-corrected chi connectivity index (χ3v) is 8.18. The van der Waals surface area contributed by atoms with Crippen molar-refractivity contribution in [2.45, 2.75) is 68.7 Å². The van der Waals surface area contributed by atoms with Gasteiger partial charge in [-0.2, -0.15) is 13.2 Å². The van der Waals surface area contributed by atoms with E-state index >= 15 is 0 Å². The van der Waals surface area contributed by atoms with Gasteiger partial charge in [0.25, 0.3) is 0 Å². The Hall–Kier alpha value is -2.44. The number of β-amino-alcohol motifs (C(OH)–C–C–N with tert-alkyl or cyclic N) is 1. The lowest BCUT2D eigenvalue weighted by molar-refractivity contribution is -0.138. The second-order valence-corrected chi connectivity index (χ2v) is 12.7. The van der Waals surface area contributed by atoms with Crippen molar-refractivity contribution < 1.29 is 28.2 Å². The Morgan fingerprint density at radius 2 is 1.93 bits per heavy atom. The van der Waals surface area contributed by atoms with Crippen molar-refractivity contribution in [2.75, 3.05) is 20.1 Å². The molecule has 40 heavy (non-hydrogen) atoms. The molecular formula is C29H36F3N3O3S2. The lowest BCUT2D eigenvalue weighted by atomic mass is 9.96. The van der Waals surface area contributed by atoms with Crippen LogP contribution in [0.4, 0.5) is 13.2 Å². The van der Waals surface area contributed by atoms with Gasteiger partial charge in [-0.15, -0.1) is 11.3 Å². The first-order chi connectivity index (χ1) is 18.8. The minimum atomic E-state index is -4.53. The molecule has 3 aromatic rings. The van der Waals surface area contributed by atoms with Gasteiger partial charge in [-0.25, -0.2) is 4.31 Å². The summed E-state index contributed by atoms with van der Waals surface area (Å²) in [5.41, 5.74) is 0.481. The van der Waals surface area contributed by atoms with Crippen LogP contribution in [0, 0.1) is 0 Å². The number of aliphatic carboxylic acids is 1. The first kappa shape index (κ1) is 32.1. The number of hydrogen-bond acceptors (Lipinski definition) is 7. The summed E-state index contributed by atoms with van der Waals surface area (Å²) in [7, 11) is 1.73. The number of thiophene rings is 1. The number of aryl methyl sites for hydroxylation is 2. The zero-order valence-corrected chi connectivity index (χ0v) is 24.5. The number of carboxylic acid groups (broad SMARTS) is 1. The van der Waals surface area contributed by atoms with Crippen LogP contribution in [0.2, 0.25) is 0 Å². The van der Waals surface area contributed by atoms with Crippen molar-refractivity contribution >= 4 is 29.3 Å². The fourth-order valence-corrected chi connectivity index (χ4v) is 5.90. The van der Waals surface area contributed by atoms with E-state index in [4.69, 9.17) is 5.11 Å². The summed E-state index contributed by atoms with van der Waals surface area (Å²) >= 11 is 2.88. The Labute approximate surface area is 241 Å². The zero-order valence-electron chi connectivity index (χ0n) is 22.9. The molecule has 218 valence electrons. The van der Waals surface area contributed by atoms with Gasteiger partial charge in [0.1, 0.15) is 0 Å². The number of carbonyl (C=O) groups is 1. The summed E-state index contributed by atoms with van der Waals surface area (Å²) in [6.45, 7) is 4.83. The van der Waals surface area contributed by atoms with Crippen LogP contribution < -0.4 is 5.32 Å². The number of carboxylic acids is 1. The van der Waals surface area contributed by atoms with Crippen molar-refractivity contribution in [3.05, 3.63) is 70.2 Å². The van der Waals surface area contributed by atoms with E-state index in [0.29, 0.717) is 28.3 Å². The molecule has 0 amide bonds. The minimum absolute atomic E-state index is 0.0719. The van der Waals surface area contributed by atoms with E-state index in [1.165, 1.54) is 11.1 Å². The molecule has 0 saturated carbocycles. The molecule has 0 fully saturated rings. The third kappa shape index (κ3) is 10.9. The van der Waals surface area contributed by atoms with Crippen molar-refractivity contribution in [1.82, 2.24) is 14.6 Å². The Morgan fingerprint density at radius 3 is 2.55 bits per heavy atom. The van der Waals surface area contributed by atoms with Crippen LogP contribution in [0.3, 0.4) is 0 Å². The first-order valence-corrected chi connectivity index (χ1v) is 14.7. The van der Waals surface area contributed by atoms with Crippen molar-refractivity contribution in [2.24, 2.45) is 0 Å². The van der Waals surface area contributed by atoms with Gasteiger partial charge in [-0.05, 0) is 93.4 Å². The van der Waals surface area contributed by atoms with E-state index in [1.54, 1.807) is 40.9 Å².